The van der Waals surface area contributed by atoms with E-state index in [0.717, 1.165) is 44.5 Å². The third kappa shape index (κ3) is 3.19. The molecule has 0 aromatic carbocycles. The summed E-state index contributed by atoms with van der Waals surface area (Å²) in [5.74, 6) is 1.45. The lowest BCUT2D eigenvalue weighted by Gasteiger charge is -2.22. The lowest BCUT2D eigenvalue weighted by molar-refractivity contribution is 0.0760. The number of carbonyl (C=O) groups is 1. The highest BCUT2D eigenvalue weighted by Gasteiger charge is 2.34. The van der Waals surface area contributed by atoms with Crippen LogP contribution in [0.5, 0.6) is 0 Å². The molecule has 0 radical (unpaired) electrons. The van der Waals surface area contributed by atoms with Gasteiger partial charge in [-0.2, -0.15) is 0 Å². The second kappa shape index (κ2) is 7.09. The van der Waals surface area contributed by atoms with Crippen molar-refractivity contribution in [3.8, 4) is 0 Å². The first kappa shape index (κ1) is 18.5. The molecular formula is C21H27N5O3. The summed E-state index contributed by atoms with van der Waals surface area (Å²) in [7, 11) is 0. The van der Waals surface area contributed by atoms with Gasteiger partial charge in [0.25, 0.3) is 11.5 Å². The number of hydrogen-bond donors (Lipinski definition) is 2. The summed E-state index contributed by atoms with van der Waals surface area (Å²) in [4.78, 5) is 47.5. The predicted molar refractivity (Wildman–Crippen MR) is 109 cm³/mol. The van der Waals surface area contributed by atoms with E-state index in [1.807, 2.05) is 11.8 Å². The molecule has 2 aromatic rings. The Morgan fingerprint density at radius 1 is 1.14 bits per heavy atom. The first-order valence-corrected chi connectivity index (χ1v) is 10.7. The summed E-state index contributed by atoms with van der Waals surface area (Å²) < 4.78 is 1.46. The van der Waals surface area contributed by atoms with Crippen LogP contribution in [0.4, 0.5) is 0 Å². The van der Waals surface area contributed by atoms with Crippen LogP contribution in [-0.4, -0.2) is 51.5 Å². The Balaban J connectivity index is 1.60. The summed E-state index contributed by atoms with van der Waals surface area (Å²) in [6.07, 6.45) is 4.04. The normalized spacial score (nSPS) is 24.5. The van der Waals surface area contributed by atoms with Gasteiger partial charge in [0, 0.05) is 31.2 Å². The molecule has 1 amide bonds. The van der Waals surface area contributed by atoms with E-state index in [4.69, 9.17) is 0 Å². The Labute approximate surface area is 168 Å². The SMILES string of the molecule is CCn1c(=O)[nH]c(=O)c2c(C(=O)N3CC[C@@H]4CNC[C@@H]4CC3)cc(C3CC3)nc21. The van der Waals surface area contributed by atoms with Gasteiger partial charge in [-0.25, -0.2) is 9.78 Å². The fraction of sp³-hybridized carbons (Fsp3) is 0.619. The van der Waals surface area contributed by atoms with E-state index in [-0.39, 0.29) is 11.3 Å². The molecule has 8 heteroatoms. The van der Waals surface area contributed by atoms with Crippen molar-refractivity contribution in [3.63, 3.8) is 0 Å². The van der Waals surface area contributed by atoms with Gasteiger partial charge in [0.05, 0.1) is 10.9 Å². The minimum Gasteiger partial charge on any atom is -0.339 e. The van der Waals surface area contributed by atoms with Crippen molar-refractivity contribution in [1.82, 2.24) is 24.8 Å². The van der Waals surface area contributed by atoms with E-state index in [0.29, 0.717) is 48.6 Å². The summed E-state index contributed by atoms with van der Waals surface area (Å²) in [6.45, 7) is 5.69. The zero-order chi connectivity index (χ0) is 20.1. The average molecular weight is 397 g/mol. The zero-order valence-corrected chi connectivity index (χ0v) is 16.7. The van der Waals surface area contributed by atoms with Crippen LogP contribution in [0, 0.1) is 11.8 Å². The first-order valence-electron chi connectivity index (χ1n) is 10.7. The second-order valence-electron chi connectivity index (χ2n) is 8.62. The fourth-order valence-electron chi connectivity index (χ4n) is 4.94. The monoisotopic (exact) mass is 397 g/mol. The number of rotatable bonds is 3. The van der Waals surface area contributed by atoms with Crippen LogP contribution >= 0.6 is 0 Å². The zero-order valence-electron chi connectivity index (χ0n) is 16.7. The molecule has 2 aliphatic heterocycles. The molecule has 8 nitrogen and oxygen atoms in total. The topological polar surface area (TPSA) is 100 Å². The Morgan fingerprint density at radius 2 is 1.83 bits per heavy atom. The van der Waals surface area contributed by atoms with Crippen LogP contribution < -0.4 is 16.6 Å². The summed E-state index contributed by atoms with van der Waals surface area (Å²) in [6, 6.07) is 1.80. The molecule has 1 saturated carbocycles. The number of nitrogens with zero attached hydrogens (tertiary/aromatic N) is 3. The van der Waals surface area contributed by atoms with E-state index in [9.17, 15) is 14.4 Å². The second-order valence-corrected chi connectivity index (χ2v) is 8.62. The maximum Gasteiger partial charge on any atom is 0.329 e. The molecule has 3 fully saturated rings. The minimum absolute atomic E-state index is 0.112. The first-order chi connectivity index (χ1) is 14.1. The van der Waals surface area contributed by atoms with Crippen molar-refractivity contribution < 1.29 is 4.79 Å². The van der Waals surface area contributed by atoms with Crippen molar-refractivity contribution in [2.24, 2.45) is 11.8 Å². The molecule has 5 rings (SSSR count). The molecule has 0 unspecified atom stereocenters. The number of fused-ring (bicyclic) bond motifs is 2. The Bertz CT molecular complexity index is 1070. The number of aromatic nitrogens is 3. The van der Waals surface area contributed by atoms with Gasteiger partial charge in [-0.05, 0) is 63.6 Å². The Hall–Kier alpha value is -2.48. The van der Waals surface area contributed by atoms with E-state index in [1.54, 1.807) is 6.07 Å². The molecule has 3 aliphatic rings. The number of likely N-dealkylation sites (tertiary alicyclic amines) is 1. The molecule has 4 heterocycles. The standard InChI is InChI=1S/C21H27N5O3/c1-2-26-18-17(19(27)24-21(26)29)15(9-16(23-18)12-3-4-12)20(28)25-7-5-13-10-22-11-14(13)6-8-25/h9,12-14,22H,2-8,10-11H2,1H3,(H,24,27,29)/t13-,14+. The van der Waals surface area contributed by atoms with Gasteiger partial charge in [0.1, 0.15) is 0 Å². The van der Waals surface area contributed by atoms with E-state index in [1.165, 1.54) is 4.57 Å². The molecule has 0 bridgehead atoms. The Morgan fingerprint density at radius 3 is 2.45 bits per heavy atom. The third-order valence-corrected chi connectivity index (χ3v) is 6.82. The van der Waals surface area contributed by atoms with Crippen molar-refractivity contribution in [2.75, 3.05) is 26.2 Å². The molecule has 154 valence electrons. The molecule has 1 aliphatic carbocycles. The van der Waals surface area contributed by atoms with Crippen molar-refractivity contribution >= 4 is 16.9 Å². The Kier molecular flexibility index (Phi) is 4.53. The number of carbonyl (C=O) groups excluding carboxylic acids is 1. The molecule has 0 spiro atoms. The lowest BCUT2D eigenvalue weighted by atomic mass is 9.92. The minimum atomic E-state index is -0.524. The number of H-pyrrole nitrogens is 1. The maximum atomic E-state index is 13.6. The number of aryl methyl sites for hydroxylation is 1. The quantitative estimate of drug-likeness (QED) is 0.807. The largest absolute Gasteiger partial charge is 0.339 e. The lowest BCUT2D eigenvalue weighted by Crippen LogP contribution is -2.36. The number of aromatic amines is 1. The number of amides is 1. The average Bonchev–Trinajstić information content (AvgIpc) is 3.50. The van der Waals surface area contributed by atoms with Gasteiger partial charge in [0.2, 0.25) is 0 Å². The molecule has 2 N–H and O–H groups in total. The van der Waals surface area contributed by atoms with Crippen molar-refractivity contribution in [1.29, 1.82) is 0 Å². The van der Waals surface area contributed by atoms with Crippen LogP contribution in [-0.2, 0) is 6.54 Å². The van der Waals surface area contributed by atoms with Gasteiger partial charge in [-0.3, -0.25) is 19.1 Å². The summed E-state index contributed by atoms with van der Waals surface area (Å²) in [5, 5.41) is 3.70. The van der Waals surface area contributed by atoms with Gasteiger partial charge in [-0.15, -0.1) is 0 Å². The molecule has 2 aromatic heterocycles. The number of hydrogen-bond acceptors (Lipinski definition) is 5. The number of nitrogens with one attached hydrogen (secondary N) is 2. The maximum absolute atomic E-state index is 13.6. The van der Waals surface area contributed by atoms with Crippen LogP contribution in [0.2, 0.25) is 0 Å². The molecule has 29 heavy (non-hydrogen) atoms. The predicted octanol–water partition coefficient (Wildman–Crippen LogP) is 1.05. The van der Waals surface area contributed by atoms with Gasteiger partial charge < -0.3 is 10.2 Å². The highest BCUT2D eigenvalue weighted by molar-refractivity contribution is 6.05. The van der Waals surface area contributed by atoms with Crippen LogP contribution in [0.3, 0.4) is 0 Å². The smallest absolute Gasteiger partial charge is 0.329 e. The third-order valence-electron chi connectivity index (χ3n) is 6.82. The summed E-state index contributed by atoms with van der Waals surface area (Å²) >= 11 is 0. The van der Waals surface area contributed by atoms with Crippen LogP contribution in [0.15, 0.2) is 15.7 Å². The van der Waals surface area contributed by atoms with Gasteiger partial charge in [-0.1, -0.05) is 0 Å². The van der Waals surface area contributed by atoms with E-state index in [2.05, 4.69) is 15.3 Å². The van der Waals surface area contributed by atoms with Crippen molar-refractivity contribution in [2.45, 2.75) is 45.1 Å². The fourth-order valence-corrected chi connectivity index (χ4v) is 4.94. The molecule has 2 atom stereocenters. The van der Waals surface area contributed by atoms with Crippen LogP contribution in [0.25, 0.3) is 11.0 Å². The van der Waals surface area contributed by atoms with E-state index >= 15 is 0 Å². The highest BCUT2D eigenvalue weighted by Crippen LogP contribution is 2.40. The molecular weight excluding hydrogens is 370 g/mol. The molecule has 2 saturated heterocycles. The van der Waals surface area contributed by atoms with Crippen molar-refractivity contribution in [3.05, 3.63) is 38.2 Å². The van der Waals surface area contributed by atoms with Gasteiger partial charge >= 0.3 is 5.69 Å². The highest BCUT2D eigenvalue weighted by atomic mass is 16.2. The number of pyridine rings is 1. The van der Waals surface area contributed by atoms with Crippen LogP contribution in [0.1, 0.15) is 54.6 Å². The van der Waals surface area contributed by atoms with E-state index < -0.39 is 11.2 Å². The summed E-state index contributed by atoms with van der Waals surface area (Å²) in [5.41, 5.74) is 0.557. The van der Waals surface area contributed by atoms with Gasteiger partial charge in [0.15, 0.2) is 5.65 Å².